The number of hydrogen-bond donors (Lipinski definition) is 0. The lowest BCUT2D eigenvalue weighted by molar-refractivity contribution is -0.147. The summed E-state index contributed by atoms with van der Waals surface area (Å²) in [5.41, 5.74) is 4.02. The van der Waals surface area contributed by atoms with Crippen LogP contribution in [0.15, 0.2) is 0 Å². The fraction of sp³-hybridized carbons (Fsp3) is 0.611. The molecule has 0 bridgehead atoms. The fourth-order valence-electron chi connectivity index (χ4n) is 3.23. The van der Waals surface area contributed by atoms with Crippen molar-refractivity contribution in [3.8, 4) is 11.5 Å². The van der Waals surface area contributed by atoms with Crippen molar-refractivity contribution in [2.75, 3.05) is 13.7 Å². The summed E-state index contributed by atoms with van der Waals surface area (Å²) in [6.45, 7) is 10.4. The maximum absolute atomic E-state index is 11.8. The van der Waals surface area contributed by atoms with Crippen molar-refractivity contribution in [1.82, 2.24) is 0 Å². The van der Waals surface area contributed by atoms with E-state index in [-0.39, 0.29) is 12.4 Å². The third-order valence-corrected chi connectivity index (χ3v) is 4.59. The van der Waals surface area contributed by atoms with E-state index >= 15 is 0 Å². The van der Waals surface area contributed by atoms with Crippen molar-refractivity contribution >= 4 is 5.97 Å². The molecule has 0 fully saturated rings. The van der Waals surface area contributed by atoms with Gasteiger partial charge in [0.05, 0.1) is 20.1 Å². The van der Waals surface area contributed by atoms with Gasteiger partial charge in [-0.1, -0.05) is 0 Å². The smallest absolute Gasteiger partial charge is 0.309 e. The van der Waals surface area contributed by atoms with Crippen molar-refractivity contribution in [1.29, 1.82) is 0 Å². The van der Waals surface area contributed by atoms with Gasteiger partial charge in [-0.25, -0.2) is 0 Å². The fourth-order valence-corrected chi connectivity index (χ4v) is 3.23. The minimum atomic E-state index is -0.502. The molecule has 1 heterocycles. The zero-order chi connectivity index (χ0) is 16.5. The third kappa shape index (κ3) is 2.92. The van der Waals surface area contributed by atoms with E-state index in [0.29, 0.717) is 6.61 Å². The van der Waals surface area contributed by atoms with Crippen LogP contribution in [0.2, 0.25) is 0 Å². The number of methoxy groups -OCH3 is 1. The predicted molar refractivity (Wildman–Crippen MR) is 85.8 cm³/mol. The van der Waals surface area contributed by atoms with E-state index in [0.717, 1.165) is 41.0 Å². The number of carbonyl (C=O) groups is 1. The van der Waals surface area contributed by atoms with Gasteiger partial charge in [-0.05, 0) is 64.2 Å². The Kier molecular flexibility index (Phi) is 4.69. The van der Waals surface area contributed by atoms with Gasteiger partial charge in [-0.15, -0.1) is 0 Å². The summed E-state index contributed by atoms with van der Waals surface area (Å²) < 4.78 is 16.9. The van der Waals surface area contributed by atoms with Crippen LogP contribution < -0.4 is 9.47 Å². The Labute approximate surface area is 132 Å². The molecule has 2 rings (SSSR count). The van der Waals surface area contributed by atoms with Gasteiger partial charge in [-0.3, -0.25) is 4.79 Å². The molecule has 0 unspecified atom stereocenters. The van der Waals surface area contributed by atoms with E-state index in [4.69, 9.17) is 14.2 Å². The van der Waals surface area contributed by atoms with E-state index in [1.807, 2.05) is 27.7 Å². The molecule has 0 radical (unpaired) electrons. The first-order valence-corrected chi connectivity index (χ1v) is 7.84. The van der Waals surface area contributed by atoms with Gasteiger partial charge < -0.3 is 14.2 Å². The van der Waals surface area contributed by atoms with Crippen LogP contribution in [0.1, 0.15) is 48.9 Å². The highest BCUT2D eigenvalue weighted by atomic mass is 16.5. The number of fused-ring (bicyclic) bond motifs is 1. The largest absolute Gasteiger partial charge is 0.496 e. The Bertz CT molecular complexity index is 591. The molecule has 0 N–H and O–H groups in total. The quantitative estimate of drug-likeness (QED) is 0.796. The first-order chi connectivity index (χ1) is 10.3. The van der Waals surface area contributed by atoms with Gasteiger partial charge in [0, 0.05) is 5.56 Å². The third-order valence-electron chi connectivity index (χ3n) is 4.59. The van der Waals surface area contributed by atoms with E-state index < -0.39 is 5.60 Å². The summed E-state index contributed by atoms with van der Waals surface area (Å²) in [5, 5.41) is 0. The predicted octanol–water partition coefficient (Wildman–Crippen LogP) is 3.66. The molecule has 0 saturated heterocycles. The van der Waals surface area contributed by atoms with Crippen LogP contribution in [-0.4, -0.2) is 25.3 Å². The highest BCUT2D eigenvalue weighted by Crippen LogP contribution is 2.44. The van der Waals surface area contributed by atoms with Crippen LogP contribution in [-0.2, 0) is 16.0 Å². The first-order valence-electron chi connectivity index (χ1n) is 7.84. The minimum absolute atomic E-state index is 0.201. The van der Waals surface area contributed by atoms with Crippen LogP contribution in [0.4, 0.5) is 0 Å². The molecule has 0 saturated carbocycles. The first kappa shape index (κ1) is 16.7. The lowest BCUT2D eigenvalue weighted by Crippen LogP contribution is -2.39. The monoisotopic (exact) mass is 306 g/mol. The van der Waals surface area contributed by atoms with Crippen molar-refractivity contribution in [2.45, 2.75) is 59.5 Å². The molecule has 1 atom stereocenters. The van der Waals surface area contributed by atoms with Gasteiger partial charge in [0.2, 0.25) is 0 Å². The Balaban J connectivity index is 2.36. The van der Waals surface area contributed by atoms with E-state index in [9.17, 15) is 4.79 Å². The van der Waals surface area contributed by atoms with Crippen molar-refractivity contribution in [3.05, 3.63) is 22.3 Å². The molecule has 22 heavy (non-hydrogen) atoms. The van der Waals surface area contributed by atoms with Gasteiger partial charge in [0.15, 0.2) is 0 Å². The molecular weight excluding hydrogens is 280 g/mol. The number of ether oxygens (including phenoxy) is 3. The van der Waals surface area contributed by atoms with Crippen LogP contribution in [0, 0.1) is 20.8 Å². The van der Waals surface area contributed by atoms with Crippen LogP contribution in [0.5, 0.6) is 11.5 Å². The van der Waals surface area contributed by atoms with E-state index in [2.05, 4.69) is 6.92 Å². The maximum Gasteiger partial charge on any atom is 0.309 e. The highest BCUT2D eigenvalue weighted by molar-refractivity contribution is 5.71. The topological polar surface area (TPSA) is 44.8 Å². The second kappa shape index (κ2) is 6.19. The van der Waals surface area contributed by atoms with E-state index in [1.165, 1.54) is 5.56 Å². The molecule has 0 aliphatic carbocycles. The molecule has 1 aliphatic heterocycles. The Morgan fingerprint density at radius 2 is 1.91 bits per heavy atom. The molecule has 1 aliphatic rings. The van der Waals surface area contributed by atoms with Gasteiger partial charge in [0.25, 0.3) is 0 Å². The molecule has 0 aromatic heterocycles. The Morgan fingerprint density at radius 3 is 2.50 bits per heavy atom. The van der Waals surface area contributed by atoms with Crippen LogP contribution in [0.3, 0.4) is 0 Å². The average Bonchev–Trinajstić information content (AvgIpc) is 2.45. The lowest BCUT2D eigenvalue weighted by atomic mass is 9.85. The molecule has 1 aromatic rings. The molecule has 122 valence electrons. The SMILES string of the molecule is CCOC(=O)C[C@]1(C)CCc2c(C)c(OC)c(C)c(C)c2O1. The zero-order valence-electron chi connectivity index (χ0n) is 14.5. The molecule has 1 aromatic carbocycles. The zero-order valence-corrected chi connectivity index (χ0v) is 14.5. The molecule has 0 spiro atoms. The average molecular weight is 306 g/mol. The number of rotatable bonds is 4. The van der Waals surface area contributed by atoms with Gasteiger partial charge >= 0.3 is 5.97 Å². The molecule has 4 heteroatoms. The number of benzene rings is 1. The van der Waals surface area contributed by atoms with Crippen LogP contribution >= 0.6 is 0 Å². The minimum Gasteiger partial charge on any atom is -0.496 e. The normalized spacial score (nSPS) is 20.1. The summed E-state index contributed by atoms with van der Waals surface area (Å²) in [6, 6.07) is 0. The summed E-state index contributed by atoms with van der Waals surface area (Å²) in [6.07, 6.45) is 1.96. The van der Waals surface area contributed by atoms with Gasteiger partial charge in [-0.2, -0.15) is 0 Å². The Hall–Kier alpha value is -1.71. The standard InChI is InChI=1S/C18H26O4/c1-7-21-15(19)10-18(5)9-8-14-13(4)16(20-6)11(2)12(3)17(14)22-18/h7-10H2,1-6H3/t18-/m0/s1. The maximum atomic E-state index is 11.8. The second-order valence-electron chi connectivity index (χ2n) is 6.25. The number of hydrogen-bond acceptors (Lipinski definition) is 4. The molecule has 0 amide bonds. The number of carbonyl (C=O) groups excluding carboxylic acids is 1. The summed E-state index contributed by atoms with van der Waals surface area (Å²) in [5.74, 6) is 1.65. The van der Waals surface area contributed by atoms with Crippen molar-refractivity contribution < 1.29 is 19.0 Å². The molecule has 4 nitrogen and oxygen atoms in total. The molecular formula is C18H26O4. The summed E-state index contributed by atoms with van der Waals surface area (Å²) in [7, 11) is 1.70. The summed E-state index contributed by atoms with van der Waals surface area (Å²) in [4.78, 5) is 11.8. The highest BCUT2D eigenvalue weighted by Gasteiger charge is 2.36. The van der Waals surface area contributed by atoms with Crippen molar-refractivity contribution in [2.24, 2.45) is 0 Å². The number of esters is 1. The lowest BCUT2D eigenvalue weighted by Gasteiger charge is -2.37. The van der Waals surface area contributed by atoms with Crippen LogP contribution in [0.25, 0.3) is 0 Å². The van der Waals surface area contributed by atoms with Gasteiger partial charge in [0.1, 0.15) is 17.1 Å². The van der Waals surface area contributed by atoms with E-state index in [1.54, 1.807) is 7.11 Å². The summed E-state index contributed by atoms with van der Waals surface area (Å²) >= 11 is 0. The Morgan fingerprint density at radius 1 is 1.23 bits per heavy atom. The van der Waals surface area contributed by atoms with Crippen molar-refractivity contribution in [3.63, 3.8) is 0 Å². The second-order valence-corrected chi connectivity index (χ2v) is 6.25.